The molecule has 0 amide bonds. The minimum absolute atomic E-state index is 0.155. The van der Waals surface area contributed by atoms with Crippen molar-refractivity contribution < 1.29 is 57.2 Å². The van der Waals surface area contributed by atoms with Gasteiger partial charge in [-0.15, -0.1) is 0 Å². The predicted octanol–water partition coefficient (Wildman–Crippen LogP) is 7.69. The fraction of sp³-hybridized carbons (Fsp3) is 0.227. The quantitative estimate of drug-likeness (QED) is 0.236. The first kappa shape index (κ1) is 27.8. The lowest BCUT2D eigenvalue weighted by molar-refractivity contribution is -0.144. The Balaban J connectivity index is 1.85. The van der Waals surface area contributed by atoms with Crippen molar-refractivity contribution in [2.75, 3.05) is 0 Å². The van der Waals surface area contributed by atoms with E-state index in [1.807, 2.05) is 0 Å². The van der Waals surface area contributed by atoms with Gasteiger partial charge in [-0.05, 0) is 36.4 Å². The van der Waals surface area contributed by atoms with E-state index in [9.17, 15) is 52.7 Å². The summed E-state index contributed by atoms with van der Waals surface area (Å²) in [4.78, 5) is 3.56. The molecule has 2 heterocycles. The second-order valence-electron chi connectivity index (χ2n) is 7.95. The molecule has 0 spiro atoms. The number of aromatic nitrogens is 3. The predicted molar refractivity (Wildman–Crippen MR) is 105 cm³/mol. The highest BCUT2D eigenvalue weighted by molar-refractivity contribution is 5.87. The topological polar surface area (TPSA) is 67.6 Å². The third-order valence-corrected chi connectivity index (χ3v) is 5.38. The summed E-state index contributed by atoms with van der Waals surface area (Å²) in [5.74, 6) is -1.63. The van der Waals surface area contributed by atoms with Gasteiger partial charge in [-0.1, -0.05) is 5.16 Å². The Labute approximate surface area is 207 Å². The first-order valence-electron chi connectivity index (χ1n) is 10.1. The van der Waals surface area contributed by atoms with E-state index in [4.69, 9.17) is 5.26 Å². The summed E-state index contributed by atoms with van der Waals surface area (Å²) in [7, 11) is 0. The highest BCUT2D eigenvalue weighted by Crippen LogP contribution is 2.42. The number of nitrogens with zero attached hydrogens (tertiary/aromatic N) is 4. The van der Waals surface area contributed by atoms with Gasteiger partial charge in [0.25, 0.3) is 5.89 Å². The van der Waals surface area contributed by atoms with Crippen molar-refractivity contribution in [1.82, 2.24) is 14.7 Å². The molecule has 0 radical (unpaired) electrons. The third kappa shape index (κ3) is 5.36. The lowest BCUT2D eigenvalue weighted by Gasteiger charge is -2.13. The van der Waals surface area contributed by atoms with Gasteiger partial charge in [-0.3, -0.25) is 0 Å². The highest BCUT2D eigenvalue weighted by atomic mass is 19.4. The van der Waals surface area contributed by atoms with Crippen LogP contribution in [-0.2, 0) is 31.2 Å². The van der Waals surface area contributed by atoms with Gasteiger partial charge in [-0.25, -0.2) is 0 Å². The Kier molecular flexibility index (Phi) is 6.36. The zero-order valence-corrected chi connectivity index (χ0v) is 18.4. The molecule has 0 saturated heterocycles. The molecule has 5 nitrogen and oxygen atoms in total. The minimum atomic E-state index is -5.23. The molecule has 4 rings (SSSR count). The first-order valence-corrected chi connectivity index (χ1v) is 10.1. The van der Waals surface area contributed by atoms with E-state index in [1.54, 1.807) is 0 Å². The van der Waals surface area contributed by atoms with Gasteiger partial charge in [0.05, 0.1) is 34.9 Å². The molecule has 39 heavy (non-hydrogen) atoms. The van der Waals surface area contributed by atoms with Crippen LogP contribution in [0.2, 0.25) is 0 Å². The molecule has 0 aliphatic carbocycles. The summed E-state index contributed by atoms with van der Waals surface area (Å²) in [6, 6.07) is 3.18. The molecule has 17 heteroatoms. The maximum Gasteiger partial charge on any atom is 0.431 e. The van der Waals surface area contributed by atoms with Crippen molar-refractivity contribution in [3.63, 3.8) is 0 Å². The van der Waals surface area contributed by atoms with Crippen LogP contribution < -0.4 is 0 Å². The number of halogens is 12. The van der Waals surface area contributed by atoms with E-state index < -0.39 is 87.4 Å². The highest BCUT2D eigenvalue weighted by Gasteiger charge is 2.41. The molecule has 4 aromatic rings. The molecule has 0 saturated carbocycles. The van der Waals surface area contributed by atoms with Crippen LogP contribution in [0, 0.1) is 11.3 Å². The molecule has 2 aromatic carbocycles. The van der Waals surface area contributed by atoms with E-state index >= 15 is 0 Å². The number of hydrogen-bond donors (Lipinski definition) is 0. The maximum atomic E-state index is 13.7. The Morgan fingerprint density at radius 1 is 0.769 bits per heavy atom. The Hall–Kier alpha value is -4.23. The summed E-state index contributed by atoms with van der Waals surface area (Å²) in [5, 5.41) is 11.3. The van der Waals surface area contributed by atoms with Crippen LogP contribution in [0.4, 0.5) is 52.7 Å². The van der Waals surface area contributed by atoms with Gasteiger partial charge in [0, 0.05) is 16.5 Å². The lowest BCUT2D eigenvalue weighted by Crippen LogP contribution is -2.14. The summed E-state index contributed by atoms with van der Waals surface area (Å²) < 4.78 is 166. The number of nitriles is 1. The second kappa shape index (κ2) is 8.92. The first-order chi connectivity index (χ1) is 17.8. The van der Waals surface area contributed by atoms with E-state index in [-0.39, 0.29) is 24.3 Å². The van der Waals surface area contributed by atoms with Crippen molar-refractivity contribution in [3.8, 4) is 17.5 Å². The fourth-order valence-electron chi connectivity index (χ4n) is 3.79. The van der Waals surface area contributed by atoms with Gasteiger partial charge >= 0.3 is 24.7 Å². The number of rotatable bonds is 3. The molecule has 0 aliphatic heterocycles. The molecule has 0 bridgehead atoms. The van der Waals surface area contributed by atoms with Crippen molar-refractivity contribution in [3.05, 3.63) is 70.2 Å². The zero-order valence-electron chi connectivity index (χ0n) is 18.4. The lowest BCUT2D eigenvalue weighted by atomic mass is 10.0. The largest absolute Gasteiger partial charge is 0.431 e. The standard InChI is InChI=1S/C22H8F12N4O/c23-19(24,25)11-3-10(4-12(5-11)20(26,27)28)18-36-16(37-39-18)8-38-14-2-1-9(7-35)17(22(32,33)34)13(14)6-15(38)21(29,30)31/h1-6H,8H2. The van der Waals surface area contributed by atoms with Gasteiger partial charge in [0.2, 0.25) is 0 Å². The molecule has 206 valence electrons. The molecule has 0 fully saturated rings. The average Bonchev–Trinajstić information content (AvgIpc) is 3.41. The van der Waals surface area contributed by atoms with Crippen LogP contribution >= 0.6 is 0 Å². The second-order valence-corrected chi connectivity index (χ2v) is 7.95. The molecule has 0 aliphatic rings. The van der Waals surface area contributed by atoms with Crippen molar-refractivity contribution in [2.24, 2.45) is 0 Å². The molecule has 2 aromatic heterocycles. The Morgan fingerprint density at radius 3 is 1.85 bits per heavy atom. The smallest absolute Gasteiger partial charge is 0.334 e. The van der Waals surface area contributed by atoms with Crippen LogP contribution in [0.5, 0.6) is 0 Å². The van der Waals surface area contributed by atoms with Crippen LogP contribution in [0.3, 0.4) is 0 Å². The van der Waals surface area contributed by atoms with E-state index in [0.29, 0.717) is 10.6 Å². The summed E-state index contributed by atoms with van der Waals surface area (Å²) >= 11 is 0. The Bertz CT molecular complexity index is 1560. The molecular weight excluding hydrogens is 564 g/mol. The van der Waals surface area contributed by atoms with E-state index in [1.165, 1.54) is 6.07 Å². The van der Waals surface area contributed by atoms with Crippen LogP contribution in [-0.4, -0.2) is 14.7 Å². The average molecular weight is 572 g/mol. The van der Waals surface area contributed by atoms with Crippen LogP contribution in [0.15, 0.2) is 40.9 Å². The minimum Gasteiger partial charge on any atom is -0.334 e. The zero-order chi connectivity index (χ0) is 29.1. The van der Waals surface area contributed by atoms with Gasteiger partial charge in [0.15, 0.2) is 5.82 Å². The Morgan fingerprint density at radius 2 is 1.36 bits per heavy atom. The number of hydrogen-bond acceptors (Lipinski definition) is 4. The summed E-state index contributed by atoms with van der Waals surface area (Å²) in [5.41, 5.74) is -9.17. The molecule has 0 atom stereocenters. The summed E-state index contributed by atoms with van der Waals surface area (Å²) in [6.45, 7) is -1.05. The van der Waals surface area contributed by atoms with Gasteiger partial charge in [-0.2, -0.15) is 62.9 Å². The number of fused-ring (bicyclic) bond motifs is 1. The van der Waals surface area contributed by atoms with Crippen LogP contribution in [0.1, 0.15) is 33.8 Å². The van der Waals surface area contributed by atoms with Gasteiger partial charge in [0.1, 0.15) is 5.69 Å². The fourth-order valence-corrected chi connectivity index (χ4v) is 3.79. The molecular formula is C22H8F12N4O. The van der Waals surface area contributed by atoms with Crippen LogP contribution in [0.25, 0.3) is 22.4 Å². The van der Waals surface area contributed by atoms with Crippen molar-refractivity contribution in [1.29, 1.82) is 5.26 Å². The maximum absolute atomic E-state index is 13.7. The van der Waals surface area contributed by atoms with Crippen molar-refractivity contribution >= 4 is 10.9 Å². The number of benzene rings is 2. The monoisotopic (exact) mass is 572 g/mol. The molecule has 0 unspecified atom stereocenters. The summed E-state index contributed by atoms with van der Waals surface area (Å²) in [6.07, 6.45) is -20.9. The van der Waals surface area contributed by atoms with E-state index in [2.05, 4.69) is 14.7 Å². The SMILES string of the molecule is N#Cc1ccc2c(cc(C(F)(F)F)n2Cc2noc(-c3cc(C(F)(F)F)cc(C(F)(F)F)c3)n2)c1C(F)(F)F. The van der Waals surface area contributed by atoms with Gasteiger partial charge < -0.3 is 9.09 Å². The third-order valence-electron chi connectivity index (χ3n) is 5.38. The molecule has 0 N–H and O–H groups in total. The van der Waals surface area contributed by atoms with E-state index in [0.717, 1.165) is 6.07 Å². The normalized spacial score (nSPS) is 13.2. The van der Waals surface area contributed by atoms with Crippen molar-refractivity contribution in [2.45, 2.75) is 31.2 Å². The number of alkyl halides is 12.